The van der Waals surface area contributed by atoms with Crippen molar-refractivity contribution in [3.63, 3.8) is 0 Å². The van der Waals surface area contributed by atoms with Crippen LogP contribution >= 0.6 is 23.2 Å². The Bertz CT molecular complexity index is 474. The summed E-state index contributed by atoms with van der Waals surface area (Å²) in [4.78, 5) is 10.1. The van der Waals surface area contributed by atoms with Crippen LogP contribution in [0.15, 0.2) is 0 Å². The molecule has 1 aliphatic rings. The standard InChI is InChI=1S/C12H17Cl2N3O3/c1-12(2,18)7-20-8-9(13)15-11(14)16-10(8)17-3-5-19-6-4-17/h18H,3-7H2,1-2H3. The fourth-order valence-electron chi connectivity index (χ4n) is 1.75. The van der Waals surface area contributed by atoms with Gasteiger partial charge in [-0.3, -0.25) is 0 Å². The predicted molar refractivity (Wildman–Crippen MR) is 76.9 cm³/mol. The third-order valence-electron chi connectivity index (χ3n) is 2.66. The molecule has 0 radical (unpaired) electrons. The van der Waals surface area contributed by atoms with Crippen LogP contribution in [-0.2, 0) is 4.74 Å². The van der Waals surface area contributed by atoms with Crippen LogP contribution in [0.4, 0.5) is 5.82 Å². The van der Waals surface area contributed by atoms with Gasteiger partial charge in [-0.05, 0) is 25.4 Å². The van der Waals surface area contributed by atoms with Gasteiger partial charge in [0.1, 0.15) is 6.61 Å². The van der Waals surface area contributed by atoms with Gasteiger partial charge < -0.3 is 19.5 Å². The van der Waals surface area contributed by atoms with Gasteiger partial charge in [0, 0.05) is 13.1 Å². The maximum atomic E-state index is 9.76. The minimum Gasteiger partial charge on any atom is -0.484 e. The first-order chi connectivity index (χ1) is 9.37. The highest BCUT2D eigenvalue weighted by molar-refractivity contribution is 6.33. The minimum absolute atomic E-state index is 0.0621. The Morgan fingerprint density at radius 1 is 1.30 bits per heavy atom. The molecule has 1 aromatic rings. The summed E-state index contributed by atoms with van der Waals surface area (Å²) in [6.45, 7) is 5.91. The van der Waals surface area contributed by atoms with E-state index in [-0.39, 0.29) is 17.0 Å². The zero-order valence-electron chi connectivity index (χ0n) is 11.4. The molecule has 0 atom stereocenters. The van der Waals surface area contributed by atoms with E-state index in [4.69, 9.17) is 32.7 Å². The van der Waals surface area contributed by atoms with Crippen molar-refractivity contribution in [3.8, 4) is 5.75 Å². The Morgan fingerprint density at radius 3 is 2.55 bits per heavy atom. The fraction of sp³-hybridized carbons (Fsp3) is 0.667. The van der Waals surface area contributed by atoms with Gasteiger partial charge in [-0.1, -0.05) is 11.6 Å². The van der Waals surface area contributed by atoms with Crippen LogP contribution in [0.3, 0.4) is 0 Å². The summed E-state index contributed by atoms with van der Waals surface area (Å²) in [5.41, 5.74) is -0.981. The van der Waals surface area contributed by atoms with Gasteiger partial charge >= 0.3 is 0 Å². The molecule has 2 rings (SSSR count). The second-order valence-electron chi connectivity index (χ2n) is 5.14. The molecule has 0 amide bonds. The fourth-order valence-corrected chi connectivity index (χ4v) is 2.18. The molecule has 1 fully saturated rings. The lowest BCUT2D eigenvalue weighted by Gasteiger charge is -2.29. The first kappa shape index (κ1) is 15.6. The first-order valence-electron chi connectivity index (χ1n) is 6.28. The summed E-state index contributed by atoms with van der Waals surface area (Å²) in [6.07, 6.45) is 0. The predicted octanol–water partition coefficient (Wildman–Crippen LogP) is 1.77. The molecule has 1 aromatic heterocycles. The molecule has 2 heterocycles. The summed E-state index contributed by atoms with van der Waals surface area (Å²) in [6, 6.07) is 0. The number of nitrogens with zero attached hydrogens (tertiary/aromatic N) is 3. The van der Waals surface area contributed by atoms with Crippen molar-refractivity contribution in [1.82, 2.24) is 9.97 Å². The lowest BCUT2D eigenvalue weighted by Crippen LogP contribution is -2.37. The highest BCUT2D eigenvalue weighted by Crippen LogP contribution is 2.34. The van der Waals surface area contributed by atoms with E-state index >= 15 is 0 Å². The van der Waals surface area contributed by atoms with Crippen LogP contribution < -0.4 is 9.64 Å². The summed E-state index contributed by atoms with van der Waals surface area (Å²) >= 11 is 11.9. The number of hydrogen-bond acceptors (Lipinski definition) is 6. The molecular weight excluding hydrogens is 305 g/mol. The largest absolute Gasteiger partial charge is 0.484 e. The van der Waals surface area contributed by atoms with Crippen LogP contribution in [0.5, 0.6) is 5.75 Å². The van der Waals surface area contributed by atoms with Gasteiger partial charge in [0.25, 0.3) is 0 Å². The van der Waals surface area contributed by atoms with Crippen LogP contribution in [0.25, 0.3) is 0 Å². The van der Waals surface area contributed by atoms with Crippen LogP contribution in [0, 0.1) is 0 Å². The van der Waals surface area contributed by atoms with E-state index < -0.39 is 5.60 Å². The lowest BCUT2D eigenvalue weighted by molar-refractivity contribution is 0.0283. The number of hydrogen-bond donors (Lipinski definition) is 1. The molecule has 8 heteroatoms. The molecule has 0 spiro atoms. The van der Waals surface area contributed by atoms with Crippen molar-refractivity contribution >= 4 is 29.0 Å². The van der Waals surface area contributed by atoms with Crippen molar-refractivity contribution in [2.75, 3.05) is 37.8 Å². The molecule has 0 aromatic carbocycles. The highest BCUT2D eigenvalue weighted by Gasteiger charge is 2.23. The van der Waals surface area contributed by atoms with Gasteiger partial charge in [-0.15, -0.1) is 0 Å². The lowest BCUT2D eigenvalue weighted by atomic mass is 10.2. The third kappa shape index (κ3) is 4.09. The average molecular weight is 322 g/mol. The monoisotopic (exact) mass is 321 g/mol. The molecule has 0 saturated carbocycles. The Labute approximate surface area is 127 Å². The van der Waals surface area contributed by atoms with E-state index in [0.717, 1.165) is 0 Å². The van der Waals surface area contributed by atoms with E-state index in [2.05, 4.69) is 9.97 Å². The second kappa shape index (κ2) is 6.30. The zero-order valence-corrected chi connectivity index (χ0v) is 12.9. The molecule has 20 heavy (non-hydrogen) atoms. The van der Waals surface area contributed by atoms with Crippen LogP contribution in [-0.4, -0.2) is 53.6 Å². The van der Waals surface area contributed by atoms with E-state index in [1.807, 2.05) is 4.90 Å². The highest BCUT2D eigenvalue weighted by atomic mass is 35.5. The van der Waals surface area contributed by atoms with Crippen LogP contribution in [0.2, 0.25) is 10.4 Å². The number of aliphatic hydroxyl groups is 1. The molecular formula is C12H17Cl2N3O3. The topological polar surface area (TPSA) is 67.7 Å². The Hall–Kier alpha value is -0.820. The van der Waals surface area contributed by atoms with Crippen molar-refractivity contribution in [3.05, 3.63) is 10.4 Å². The number of rotatable bonds is 4. The Kier molecular flexibility index (Phi) is 4.90. The summed E-state index contributed by atoms with van der Waals surface area (Å²) in [5, 5.41) is 9.95. The maximum absolute atomic E-state index is 9.76. The van der Waals surface area contributed by atoms with E-state index in [1.54, 1.807) is 13.8 Å². The number of morpholine rings is 1. The van der Waals surface area contributed by atoms with Crippen molar-refractivity contribution in [2.45, 2.75) is 19.4 Å². The molecule has 1 N–H and O–H groups in total. The summed E-state index contributed by atoms with van der Waals surface area (Å²) in [7, 11) is 0. The smallest absolute Gasteiger partial charge is 0.226 e. The second-order valence-corrected chi connectivity index (χ2v) is 5.83. The van der Waals surface area contributed by atoms with Gasteiger partial charge in [-0.25, -0.2) is 4.98 Å². The van der Waals surface area contributed by atoms with Gasteiger partial charge in [0.15, 0.2) is 16.7 Å². The number of ether oxygens (including phenoxy) is 2. The molecule has 112 valence electrons. The van der Waals surface area contributed by atoms with Crippen molar-refractivity contribution < 1.29 is 14.6 Å². The molecule has 1 aliphatic heterocycles. The number of halogens is 2. The van der Waals surface area contributed by atoms with E-state index in [1.165, 1.54) is 0 Å². The van der Waals surface area contributed by atoms with Gasteiger partial charge in [-0.2, -0.15) is 4.98 Å². The molecule has 0 unspecified atom stereocenters. The maximum Gasteiger partial charge on any atom is 0.226 e. The third-order valence-corrected chi connectivity index (χ3v) is 3.08. The number of aromatic nitrogens is 2. The number of anilines is 1. The van der Waals surface area contributed by atoms with Gasteiger partial charge in [0.2, 0.25) is 5.28 Å². The Balaban J connectivity index is 2.27. The van der Waals surface area contributed by atoms with Crippen molar-refractivity contribution in [1.29, 1.82) is 0 Å². The van der Waals surface area contributed by atoms with Crippen molar-refractivity contribution in [2.24, 2.45) is 0 Å². The average Bonchev–Trinajstić information content (AvgIpc) is 2.36. The van der Waals surface area contributed by atoms with Gasteiger partial charge in [0.05, 0.1) is 18.8 Å². The summed E-state index contributed by atoms with van der Waals surface area (Å²) < 4.78 is 10.9. The van der Waals surface area contributed by atoms with Crippen LogP contribution in [0.1, 0.15) is 13.8 Å². The first-order valence-corrected chi connectivity index (χ1v) is 7.03. The molecule has 0 bridgehead atoms. The summed E-state index contributed by atoms with van der Waals surface area (Å²) in [5.74, 6) is 0.864. The quantitative estimate of drug-likeness (QED) is 0.673. The SMILES string of the molecule is CC(C)(O)COc1c(Cl)nc(Cl)nc1N1CCOCC1. The normalized spacial score (nSPS) is 16.4. The van der Waals surface area contributed by atoms with E-state index in [0.29, 0.717) is 37.9 Å². The molecule has 6 nitrogen and oxygen atoms in total. The molecule has 0 aliphatic carbocycles. The van der Waals surface area contributed by atoms with E-state index in [9.17, 15) is 5.11 Å². The zero-order chi connectivity index (χ0) is 14.8. The Morgan fingerprint density at radius 2 is 1.95 bits per heavy atom. The minimum atomic E-state index is -0.981. The molecule has 1 saturated heterocycles.